The molecule has 0 N–H and O–H groups in total. The summed E-state index contributed by atoms with van der Waals surface area (Å²) in [6.45, 7) is 4.45. The smallest absolute Gasteiger partial charge is 0.0351 e. The molecule has 0 aliphatic rings. The lowest BCUT2D eigenvalue weighted by molar-refractivity contribution is 0.342. The first-order valence-electron chi connectivity index (χ1n) is 11.2. The van der Waals surface area contributed by atoms with Gasteiger partial charge in [-0.05, 0) is 40.0 Å². The summed E-state index contributed by atoms with van der Waals surface area (Å²) in [5.41, 5.74) is 0. The highest BCUT2D eigenvalue weighted by atomic mass is 35.5. The van der Waals surface area contributed by atoms with Gasteiger partial charge in [0.05, 0.1) is 0 Å². The number of hydrogen-bond donors (Lipinski definition) is 0. The van der Waals surface area contributed by atoms with Crippen molar-refractivity contribution in [1.82, 2.24) is 9.80 Å². The maximum Gasteiger partial charge on any atom is 0.0351 e. The highest BCUT2D eigenvalue weighted by Crippen LogP contribution is 2.13. The second kappa shape index (κ2) is 21.8. The van der Waals surface area contributed by atoms with Crippen molar-refractivity contribution in [3.8, 4) is 0 Å². The monoisotopic (exact) mass is 408 g/mol. The molecule has 0 saturated carbocycles. The number of alkyl halides is 2. The van der Waals surface area contributed by atoms with E-state index >= 15 is 0 Å². The van der Waals surface area contributed by atoms with Crippen molar-refractivity contribution >= 4 is 23.2 Å². The molecule has 0 atom stereocenters. The number of nitrogens with zero attached hydrogens (tertiary/aromatic N) is 2. The Labute approximate surface area is 175 Å². The minimum absolute atomic E-state index is 0.753. The molecule has 0 fully saturated rings. The molecule has 0 spiro atoms. The molecule has 0 radical (unpaired) electrons. The van der Waals surface area contributed by atoms with Crippen LogP contribution in [-0.4, -0.2) is 61.8 Å². The van der Waals surface area contributed by atoms with Crippen molar-refractivity contribution in [1.29, 1.82) is 0 Å². The Bertz CT molecular complexity index is 239. The van der Waals surface area contributed by atoms with E-state index in [-0.39, 0.29) is 0 Å². The summed E-state index contributed by atoms with van der Waals surface area (Å²) in [7, 11) is 4.34. The summed E-state index contributed by atoms with van der Waals surface area (Å²) in [6, 6.07) is 0. The van der Waals surface area contributed by atoms with Crippen LogP contribution in [0, 0.1) is 0 Å². The zero-order valence-corrected chi connectivity index (χ0v) is 19.3. The minimum Gasteiger partial charge on any atom is -0.305 e. The first-order chi connectivity index (χ1) is 12.7. The Balaban J connectivity index is 3.07. The molecular weight excluding hydrogens is 363 g/mol. The van der Waals surface area contributed by atoms with E-state index in [9.17, 15) is 0 Å². The molecule has 0 heterocycles. The Hall–Kier alpha value is 0.500. The van der Waals surface area contributed by atoms with Crippen molar-refractivity contribution < 1.29 is 0 Å². The largest absolute Gasteiger partial charge is 0.305 e. The fourth-order valence-corrected chi connectivity index (χ4v) is 3.97. The number of unbranched alkanes of at least 4 members (excludes halogenated alkanes) is 13. The fraction of sp³-hybridized carbons (Fsp3) is 1.00. The van der Waals surface area contributed by atoms with E-state index in [2.05, 4.69) is 23.9 Å². The molecule has 0 saturated heterocycles. The van der Waals surface area contributed by atoms with Gasteiger partial charge in [-0.15, -0.1) is 23.2 Å². The molecule has 0 aliphatic carbocycles. The van der Waals surface area contributed by atoms with Gasteiger partial charge in [0, 0.05) is 24.8 Å². The van der Waals surface area contributed by atoms with E-state index < -0.39 is 0 Å². The molecule has 26 heavy (non-hydrogen) atoms. The molecule has 0 rings (SSSR count). The van der Waals surface area contributed by atoms with E-state index in [1.165, 1.54) is 103 Å². The molecule has 0 bridgehead atoms. The first-order valence-corrected chi connectivity index (χ1v) is 12.3. The zero-order chi connectivity index (χ0) is 19.3. The predicted molar refractivity (Wildman–Crippen MR) is 121 cm³/mol. The van der Waals surface area contributed by atoms with Gasteiger partial charge in [-0.3, -0.25) is 0 Å². The summed E-state index contributed by atoms with van der Waals surface area (Å²) >= 11 is 11.5. The molecule has 0 aromatic carbocycles. The van der Waals surface area contributed by atoms with Crippen molar-refractivity contribution in [2.24, 2.45) is 0 Å². The van der Waals surface area contributed by atoms with E-state index in [4.69, 9.17) is 23.2 Å². The lowest BCUT2D eigenvalue weighted by Gasteiger charge is -2.14. The van der Waals surface area contributed by atoms with E-state index in [0.29, 0.717) is 0 Å². The van der Waals surface area contributed by atoms with Crippen LogP contribution in [0.2, 0.25) is 0 Å². The molecule has 0 amide bonds. The van der Waals surface area contributed by atoms with Crippen LogP contribution in [0.25, 0.3) is 0 Å². The minimum atomic E-state index is 0.753. The summed E-state index contributed by atoms with van der Waals surface area (Å²) in [6.07, 6.45) is 19.8. The van der Waals surface area contributed by atoms with Crippen molar-refractivity contribution in [2.45, 2.75) is 89.9 Å². The van der Waals surface area contributed by atoms with Gasteiger partial charge in [-0.2, -0.15) is 0 Å². The van der Waals surface area contributed by atoms with Gasteiger partial charge in [-0.1, -0.05) is 77.0 Å². The van der Waals surface area contributed by atoms with Gasteiger partial charge in [0.2, 0.25) is 0 Å². The Morgan fingerprint density at radius 1 is 0.385 bits per heavy atom. The van der Waals surface area contributed by atoms with Crippen LogP contribution in [0.3, 0.4) is 0 Å². The van der Waals surface area contributed by atoms with Gasteiger partial charge < -0.3 is 9.80 Å². The van der Waals surface area contributed by atoms with Gasteiger partial charge in [0.15, 0.2) is 0 Å². The molecular formula is C22H46Cl2N2. The van der Waals surface area contributed by atoms with Crippen LogP contribution in [0.5, 0.6) is 0 Å². The van der Waals surface area contributed by atoms with Crippen LogP contribution in [-0.2, 0) is 0 Å². The summed E-state index contributed by atoms with van der Waals surface area (Å²) in [5, 5.41) is 0. The second-order valence-corrected chi connectivity index (χ2v) is 8.69. The van der Waals surface area contributed by atoms with Crippen LogP contribution in [0.1, 0.15) is 89.9 Å². The van der Waals surface area contributed by atoms with E-state index in [1.807, 2.05) is 0 Å². The third kappa shape index (κ3) is 20.8. The SMILES string of the molecule is CN(CCCl)CCCCCCCCCCCCCCCCN(C)CCCl. The molecule has 0 unspecified atom stereocenters. The average molecular weight is 410 g/mol. The number of rotatable bonds is 21. The highest BCUT2D eigenvalue weighted by Gasteiger charge is 1.98. The van der Waals surface area contributed by atoms with Gasteiger partial charge >= 0.3 is 0 Å². The second-order valence-electron chi connectivity index (χ2n) is 7.93. The van der Waals surface area contributed by atoms with Crippen molar-refractivity contribution in [2.75, 3.05) is 52.0 Å². The molecule has 0 aromatic heterocycles. The van der Waals surface area contributed by atoms with Gasteiger partial charge in [0.1, 0.15) is 0 Å². The van der Waals surface area contributed by atoms with Crippen molar-refractivity contribution in [3.63, 3.8) is 0 Å². The number of hydrogen-bond acceptors (Lipinski definition) is 2. The molecule has 158 valence electrons. The lowest BCUT2D eigenvalue weighted by Crippen LogP contribution is -2.21. The quantitative estimate of drug-likeness (QED) is 0.152. The fourth-order valence-electron chi connectivity index (χ4n) is 3.40. The van der Waals surface area contributed by atoms with Crippen LogP contribution in [0.15, 0.2) is 0 Å². The highest BCUT2D eigenvalue weighted by molar-refractivity contribution is 6.18. The Kier molecular flexibility index (Phi) is 22.2. The number of halogens is 2. The third-order valence-electron chi connectivity index (χ3n) is 5.26. The normalized spacial score (nSPS) is 11.8. The molecule has 2 nitrogen and oxygen atoms in total. The summed E-state index contributed by atoms with van der Waals surface area (Å²) < 4.78 is 0. The van der Waals surface area contributed by atoms with Gasteiger partial charge in [-0.25, -0.2) is 0 Å². The van der Waals surface area contributed by atoms with Crippen molar-refractivity contribution in [3.05, 3.63) is 0 Å². The molecule has 4 heteroatoms. The third-order valence-corrected chi connectivity index (χ3v) is 5.60. The standard InChI is InChI=1S/C22H46Cl2N2/c1-25(21-17-23)19-15-13-11-9-7-5-3-4-6-8-10-12-14-16-20-26(2)22-18-24/h3-22H2,1-2H3. The van der Waals surface area contributed by atoms with Crippen LogP contribution < -0.4 is 0 Å². The maximum atomic E-state index is 5.74. The maximum absolute atomic E-state index is 5.74. The van der Waals surface area contributed by atoms with Gasteiger partial charge in [0.25, 0.3) is 0 Å². The predicted octanol–water partition coefficient (Wildman–Crippen LogP) is 6.79. The van der Waals surface area contributed by atoms with Crippen LogP contribution >= 0.6 is 23.2 Å². The zero-order valence-electron chi connectivity index (χ0n) is 17.8. The summed E-state index contributed by atoms with van der Waals surface area (Å²) in [5.74, 6) is 1.51. The Morgan fingerprint density at radius 3 is 0.846 bits per heavy atom. The van der Waals surface area contributed by atoms with E-state index in [1.54, 1.807) is 0 Å². The van der Waals surface area contributed by atoms with E-state index in [0.717, 1.165) is 24.8 Å². The first kappa shape index (κ1) is 26.5. The van der Waals surface area contributed by atoms with Crippen LogP contribution in [0.4, 0.5) is 0 Å². The summed E-state index contributed by atoms with van der Waals surface area (Å²) in [4.78, 5) is 4.68. The lowest BCUT2D eigenvalue weighted by atomic mass is 10.0. The molecule has 0 aliphatic heterocycles. The molecule has 0 aromatic rings. The Morgan fingerprint density at radius 2 is 0.615 bits per heavy atom. The average Bonchev–Trinajstić information content (AvgIpc) is 2.61. The topological polar surface area (TPSA) is 6.48 Å².